The van der Waals surface area contributed by atoms with Crippen LogP contribution in [-0.2, 0) is 6.54 Å². The molecule has 0 fully saturated rings. The monoisotopic (exact) mass is 385 g/mol. The Morgan fingerprint density at radius 2 is 2.04 bits per heavy atom. The van der Waals surface area contributed by atoms with Crippen LogP contribution >= 0.6 is 11.6 Å². The lowest BCUT2D eigenvalue weighted by Gasteiger charge is -2.15. The number of amides is 1. The summed E-state index contributed by atoms with van der Waals surface area (Å²) in [6.45, 7) is 2.31. The van der Waals surface area contributed by atoms with Gasteiger partial charge in [0.2, 0.25) is 0 Å². The molecule has 0 atom stereocenters. The molecule has 27 heavy (non-hydrogen) atoms. The number of halogens is 1. The van der Waals surface area contributed by atoms with Gasteiger partial charge >= 0.3 is 0 Å². The summed E-state index contributed by atoms with van der Waals surface area (Å²) in [5.74, 6) is 0.811. The van der Waals surface area contributed by atoms with Crippen LogP contribution in [0.2, 0.25) is 5.02 Å². The number of aliphatic imine (C=N–C) groups is 1. The van der Waals surface area contributed by atoms with E-state index in [9.17, 15) is 4.79 Å². The summed E-state index contributed by atoms with van der Waals surface area (Å²) in [5, 5.41) is 0.411. The van der Waals surface area contributed by atoms with Gasteiger partial charge in [0.25, 0.3) is 11.8 Å². The van der Waals surface area contributed by atoms with E-state index in [0.29, 0.717) is 28.8 Å². The summed E-state index contributed by atoms with van der Waals surface area (Å²) in [6.07, 6.45) is 5.20. The number of carbonyl (C=O) groups excluding carboxylic acids is 1. The zero-order chi connectivity index (χ0) is 19.6. The summed E-state index contributed by atoms with van der Waals surface area (Å²) < 4.78 is 10.5. The third-order valence-corrected chi connectivity index (χ3v) is 4.69. The smallest absolute Gasteiger partial charge is 0.260 e. The van der Waals surface area contributed by atoms with Crippen molar-refractivity contribution in [3.63, 3.8) is 0 Å². The minimum atomic E-state index is -0.125. The lowest BCUT2D eigenvalue weighted by molar-refractivity contribution is 0.0835. The molecule has 0 spiro atoms. The molecule has 3 rings (SSSR count). The van der Waals surface area contributed by atoms with E-state index in [2.05, 4.69) is 9.98 Å². The summed E-state index contributed by atoms with van der Waals surface area (Å²) in [6, 6.07) is 5.56. The van der Waals surface area contributed by atoms with Crippen molar-refractivity contribution < 1.29 is 14.3 Å². The number of carbonyl (C=O) groups is 1. The van der Waals surface area contributed by atoms with Crippen LogP contribution in [-0.4, -0.2) is 43.3 Å². The van der Waals surface area contributed by atoms with E-state index in [1.807, 2.05) is 25.1 Å². The van der Waals surface area contributed by atoms with Gasteiger partial charge in [-0.15, -0.1) is 0 Å². The van der Waals surface area contributed by atoms with Crippen molar-refractivity contribution in [2.75, 3.05) is 21.3 Å². The highest BCUT2D eigenvalue weighted by atomic mass is 35.5. The van der Waals surface area contributed by atoms with Gasteiger partial charge < -0.3 is 14.4 Å². The molecule has 0 unspecified atom stereocenters. The molecule has 6 nitrogen and oxygen atoms in total. The molecule has 1 aromatic carbocycles. The standard InChI is InChI=1S/C20H20ClN3O3/c1-5-15(10-22-2)24-11-14-6-12(7-16(21)18(14)20(24)25)13-8-17(26-3)19(27-4)23-9-13/h5-10H,11H2,1-4H3/b15-5+,22-10-. The van der Waals surface area contributed by atoms with Crippen LogP contribution in [0.4, 0.5) is 0 Å². The van der Waals surface area contributed by atoms with E-state index in [-0.39, 0.29) is 5.91 Å². The minimum Gasteiger partial charge on any atom is -0.491 e. The van der Waals surface area contributed by atoms with E-state index in [1.165, 1.54) is 7.11 Å². The number of allylic oxidation sites excluding steroid dienone is 2. The van der Waals surface area contributed by atoms with Crippen molar-refractivity contribution in [1.29, 1.82) is 0 Å². The first-order valence-corrected chi connectivity index (χ1v) is 8.73. The van der Waals surface area contributed by atoms with Crippen LogP contribution in [0.3, 0.4) is 0 Å². The number of rotatable bonds is 5. The maximum Gasteiger partial charge on any atom is 0.260 e. The minimum absolute atomic E-state index is 0.125. The highest BCUT2D eigenvalue weighted by Gasteiger charge is 2.32. The molecule has 2 heterocycles. The molecule has 7 heteroatoms. The van der Waals surface area contributed by atoms with Gasteiger partial charge in [0.15, 0.2) is 5.75 Å². The fourth-order valence-electron chi connectivity index (χ4n) is 3.10. The molecule has 2 aromatic rings. The Morgan fingerprint density at radius 3 is 2.67 bits per heavy atom. The molecule has 0 radical (unpaired) electrons. The van der Waals surface area contributed by atoms with E-state index in [1.54, 1.807) is 37.5 Å². The van der Waals surface area contributed by atoms with Gasteiger partial charge in [-0.2, -0.15) is 0 Å². The Morgan fingerprint density at radius 1 is 1.26 bits per heavy atom. The van der Waals surface area contributed by atoms with Crippen LogP contribution in [0.15, 0.2) is 41.2 Å². The summed E-state index contributed by atoms with van der Waals surface area (Å²) in [4.78, 5) is 22.8. The quantitative estimate of drug-likeness (QED) is 0.730. The number of hydrogen-bond acceptors (Lipinski definition) is 5. The Balaban J connectivity index is 2.04. The molecule has 0 aliphatic carbocycles. The second kappa shape index (κ2) is 7.80. The number of methoxy groups -OCH3 is 2. The van der Waals surface area contributed by atoms with Gasteiger partial charge in [-0.25, -0.2) is 4.98 Å². The summed E-state index contributed by atoms with van der Waals surface area (Å²) in [7, 11) is 4.77. The first-order valence-electron chi connectivity index (χ1n) is 8.35. The molecule has 1 amide bonds. The van der Waals surface area contributed by atoms with Crippen molar-refractivity contribution in [2.45, 2.75) is 13.5 Å². The van der Waals surface area contributed by atoms with Gasteiger partial charge in [0.1, 0.15) is 0 Å². The molecule has 140 valence electrons. The first kappa shape index (κ1) is 18.9. The zero-order valence-corrected chi connectivity index (χ0v) is 16.4. The van der Waals surface area contributed by atoms with Crippen LogP contribution in [0.5, 0.6) is 11.6 Å². The van der Waals surface area contributed by atoms with E-state index in [4.69, 9.17) is 21.1 Å². The number of benzene rings is 1. The molecular formula is C20H20ClN3O3. The van der Waals surface area contributed by atoms with Crippen LogP contribution < -0.4 is 9.47 Å². The molecule has 0 bridgehead atoms. The summed E-state index contributed by atoms with van der Waals surface area (Å²) >= 11 is 6.47. The average molecular weight is 386 g/mol. The molecule has 0 saturated carbocycles. The Hall–Kier alpha value is -2.86. The van der Waals surface area contributed by atoms with Crippen molar-refractivity contribution >= 4 is 23.7 Å². The third-order valence-electron chi connectivity index (χ3n) is 4.39. The molecule has 0 N–H and O–H groups in total. The maximum atomic E-state index is 12.8. The number of fused-ring (bicyclic) bond motifs is 1. The first-order chi connectivity index (χ1) is 13.0. The Kier molecular flexibility index (Phi) is 5.46. The van der Waals surface area contributed by atoms with Gasteiger partial charge in [0.05, 0.1) is 37.0 Å². The van der Waals surface area contributed by atoms with Crippen molar-refractivity contribution in [3.8, 4) is 22.8 Å². The lowest BCUT2D eigenvalue weighted by Crippen LogP contribution is -2.24. The second-order valence-electron chi connectivity index (χ2n) is 5.92. The van der Waals surface area contributed by atoms with Crippen LogP contribution in [0, 0.1) is 0 Å². The van der Waals surface area contributed by atoms with E-state index < -0.39 is 0 Å². The number of hydrogen-bond donors (Lipinski definition) is 0. The van der Waals surface area contributed by atoms with Crippen LogP contribution in [0.1, 0.15) is 22.8 Å². The highest BCUT2D eigenvalue weighted by molar-refractivity contribution is 6.34. The van der Waals surface area contributed by atoms with Crippen LogP contribution in [0.25, 0.3) is 11.1 Å². The van der Waals surface area contributed by atoms with Crippen molar-refractivity contribution in [2.24, 2.45) is 4.99 Å². The van der Waals surface area contributed by atoms with Crippen molar-refractivity contribution in [1.82, 2.24) is 9.88 Å². The number of aromatic nitrogens is 1. The Bertz CT molecular complexity index is 954. The maximum absolute atomic E-state index is 12.8. The molecule has 1 aliphatic heterocycles. The largest absolute Gasteiger partial charge is 0.491 e. The second-order valence-corrected chi connectivity index (χ2v) is 6.33. The fraction of sp³-hybridized carbons (Fsp3) is 0.250. The van der Waals surface area contributed by atoms with Gasteiger partial charge in [-0.3, -0.25) is 9.79 Å². The lowest BCUT2D eigenvalue weighted by atomic mass is 10.0. The van der Waals surface area contributed by atoms with E-state index >= 15 is 0 Å². The van der Waals surface area contributed by atoms with Gasteiger partial charge in [-0.1, -0.05) is 17.7 Å². The molecule has 1 aromatic heterocycles. The highest BCUT2D eigenvalue weighted by Crippen LogP contribution is 2.37. The molecular weight excluding hydrogens is 366 g/mol. The topological polar surface area (TPSA) is 64.0 Å². The molecule has 1 aliphatic rings. The van der Waals surface area contributed by atoms with Crippen molar-refractivity contribution in [3.05, 3.63) is 52.3 Å². The number of pyridine rings is 1. The molecule has 0 saturated heterocycles. The predicted molar refractivity (Wildman–Crippen MR) is 106 cm³/mol. The third kappa shape index (κ3) is 3.40. The average Bonchev–Trinajstić information content (AvgIpc) is 3.02. The number of nitrogens with zero attached hydrogens (tertiary/aromatic N) is 3. The number of ether oxygens (including phenoxy) is 2. The fourth-order valence-corrected chi connectivity index (χ4v) is 3.42. The van der Waals surface area contributed by atoms with Gasteiger partial charge in [-0.05, 0) is 36.2 Å². The zero-order valence-electron chi connectivity index (χ0n) is 15.6. The normalized spacial score (nSPS) is 14.0. The van der Waals surface area contributed by atoms with E-state index in [0.717, 1.165) is 22.4 Å². The SMILES string of the molecule is C/C=C(\C=N/C)N1Cc2cc(-c3cnc(OC)c(OC)c3)cc(Cl)c2C1=O. The van der Waals surface area contributed by atoms with Gasteiger partial charge in [0, 0.05) is 25.0 Å². The Labute approximate surface area is 163 Å². The predicted octanol–water partition coefficient (Wildman–Crippen LogP) is 3.98. The summed E-state index contributed by atoms with van der Waals surface area (Å²) in [5.41, 5.74) is 3.81.